The Labute approximate surface area is 105 Å². The number of halogens is 1. The van der Waals surface area contributed by atoms with E-state index in [0.717, 1.165) is 22.8 Å². The van der Waals surface area contributed by atoms with Gasteiger partial charge in [-0.2, -0.15) is 5.10 Å². The molecule has 17 heavy (non-hydrogen) atoms. The van der Waals surface area contributed by atoms with Gasteiger partial charge in [-0.25, -0.2) is 0 Å². The summed E-state index contributed by atoms with van der Waals surface area (Å²) in [6.07, 6.45) is 0. The Hall–Kier alpha value is -1.68. The van der Waals surface area contributed by atoms with Crippen LogP contribution in [0.2, 0.25) is 5.02 Å². The maximum Gasteiger partial charge on any atom is 0.148 e. The van der Waals surface area contributed by atoms with Crippen molar-refractivity contribution < 1.29 is 4.74 Å². The molecule has 0 fully saturated rings. The highest BCUT2D eigenvalue weighted by Gasteiger charge is 2.11. The van der Waals surface area contributed by atoms with E-state index >= 15 is 0 Å². The van der Waals surface area contributed by atoms with Gasteiger partial charge in [0.1, 0.15) is 11.6 Å². The molecule has 0 aliphatic rings. The van der Waals surface area contributed by atoms with Crippen molar-refractivity contribution in [3.05, 3.63) is 29.3 Å². The van der Waals surface area contributed by atoms with E-state index in [0.29, 0.717) is 5.02 Å². The fourth-order valence-corrected chi connectivity index (χ4v) is 1.88. The Morgan fingerprint density at radius 1 is 1.35 bits per heavy atom. The van der Waals surface area contributed by atoms with Gasteiger partial charge < -0.3 is 10.1 Å². The van der Waals surface area contributed by atoms with Crippen molar-refractivity contribution in [2.75, 3.05) is 19.5 Å². The number of methoxy groups -OCH3 is 1. The molecule has 1 aromatic carbocycles. The Kier molecular flexibility index (Phi) is 3.24. The lowest BCUT2D eigenvalue weighted by molar-refractivity contribution is 0.416. The van der Waals surface area contributed by atoms with E-state index in [9.17, 15) is 0 Å². The number of hydrogen-bond acceptors (Lipinski definition) is 3. The number of rotatable bonds is 3. The molecule has 0 radical (unpaired) electrons. The van der Waals surface area contributed by atoms with E-state index in [-0.39, 0.29) is 0 Å². The van der Waals surface area contributed by atoms with Crippen molar-refractivity contribution in [2.24, 2.45) is 7.05 Å². The van der Waals surface area contributed by atoms with Gasteiger partial charge in [0, 0.05) is 30.7 Å². The second-order valence-corrected chi connectivity index (χ2v) is 4.07. The molecule has 0 saturated heterocycles. The number of hydrogen-bond donors (Lipinski definition) is 1. The van der Waals surface area contributed by atoms with E-state index in [1.165, 1.54) is 0 Å². The van der Waals surface area contributed by atoms with Crippen LogP contribution in [0.25, 0.3) is 11.3 Å². The number of nitrogens with one attached hydrogen (secondary N) is 1. The fourth-order valence-electron chi connectivity index (χ4n) is 1.72. The quantitative estimate of drug-likeness (QED) is 0.912. The molecule has 5 heteroatoms. The first-order valence-electron chi connectivity index (χ1n) is 5.21. The summed E-state index contributed by atoms with van der Waals surface area (Å²) in [4.78, 5) is 0. The van der Waals surface area contributed by atoms with Crippen LogP contribution in [0, 0.1) is 0 Å². The van der Waals surface area contributed by atoms with Gasteiger partial charge in [-0.15, -0.1) is 0 Å². The zero-order chi connectivity index (χ0) is 12.4. The molecular weight excluding hydrogens is 238 g/mol. The van der Waals surface area contributed by atoms with E-state index in [1.54, 1.807) is 17.9 Å². The Bertz CT molecular complexity index is 537. The molecule has 0 aliphatic heterocycles. The lowest BCUT2D eigenvalue weighted by Gasteiger charge is -2.08. The molecule has 2 aromatic rings. The van der Waals surface area contributed by atoms with Gasteiger partial charge in [0.15, 0.2) is 0 Å². The number of aryl methyl sites for hydroxylation is 1. The Morgan fingerprint density at radius 2 is 2.12 bits per heavy atom. The van der Waals surface area contributed by atoms with Gasteiger partial charge in [-0.05, 0) is 18.2 Å². The molecule has 0 amide bonds. The van der Waals surface area contributed by atoms with E-state index < -0.39 is 0 Å². The summed E-state index contributed by atoms with van der Waals surface area (Å²) in [5, 5.41) is 7.98. The first kappa shape index (κ1) is 11.8. The molecule has 0 bridgehead atoms. The lowest BCUT2D eigenvalue weighted by atomic mass is 10.1. The summed E-state index contributed by atoms with van der Waals surface area (Å²) in [5.41, 5.74) is 1.94. The summed E-state index contributed by atoms with van der Waals surface area (Å²) in [6.45, 7) is 0. The summed E-state index contributed by atoms with van der Waals surface area (Å²) >= 11 is 5.94. The van der Waals surface area contributed by atoms with Crippen molar-refractivity contribution >= 4 is 17.4 Å². The molecule has 2 rings (SSSR count). The van der Waals surface area contributed by atoms with Crippen LogP contribution in [0.1, 0.15) is 0 Å². The molecule has 1 heterocycles. The summed E-state index contributed by atoms with van der Waals surface area (Å²) in [7, 11) is 5.36. The third kappa shape index (κ3) is 2.22. The molecule has 0 unspecified atom stereocenters. The Morgan fingerprint density at radius 3 is 2.71 bits per heavy atom. The molecular formula is C12H14ClN3O. The van der Waals surface area contributed by atoms with Crippen LogP contribution in [0.5, 0.6) is 5.75 Å². The van der Waals surface area contributed by atoms with Crippen LogP contribution < -0.4 is 10.1 Å². The van der Waals surface area contributed by atoms with Gasteiger partial charge in [-0.1, -0.05) is 11.6 Å². The third-order valence-electron chi connectivity index (χ3n) is 2.58. The number of ether oxygens (including phenoxy) is 1. The summed E-state index contributed by atoms with van der Waals surface area (Å²) < 4.78 is 7.14. The summed E-state index contributed by atoms with van der Waals surface area (Å²) in [5.74, 6) is 1.56. The van der Waals surface area contributed by atoms with Crippen LogP contribution in [0.4, 0.5) is 5.82 Å². The Balaban J connectivity index is 2.55. The zero-order valence-electron chi connectivity index (χ0n) is 9.99. The first-order valence-corrected chi connectivity index (χ1v) is 5.59. The SMILES string of the molecule is CNc1cc(-c2ccc(Cl)cc2OC)n(C)n1. The van der Waals surface area contributed by atoms with Crippen LogP contribution in [-0.4, -0.2) is 23.9 Å². The maximum absolute atomic E-state index is 5.94. The van der Waals surface area contributed by atoms with Gasteiger partial charge in [0.25, 0.3) is 0 Å². The minimum atomic E-state index is 0.654. The zero-order valence-corrected chi connectivity index (χ0v) is 10.7. The predicted molar refractivity (Wildman–Crippen MR) is 69.8 cm³/mol. The van der Waals surface area contributed by atoms with E-state index in [1.807, 2.05) is 32.3 Å². The van der Waals surface area contributed by atoms with Gasteiger partial charge in [-0.3, -0.25) is 4.68 Å². The van der Waals surface area contributed by atoms with Crippen molar-refractivity contribution in [2.45, 2.75) is 0 Å². The van der Waals surface area contributed by atoms with Crippen LogP contribution in [-0.2, 0) is 7.05 Å². The minimum Gasteiger partial charge on any atom is -0.496 e. The second-order valence-electron chi connectivity index (χ2n) is 3.63. The van der Waals surface area contributed by atoms with Crippen molar-refractivity contribution in [1.82, 2.24) is 9.78 Å². The van der Waals surface area contributed by atoms with Crippen molar-refractivity contribution in [3.8, 4) is 17.0 Å². The molecule has 1 N–H and O–H groups in total. The first-order chi connectivity index (χ1) is 8.15. The number of anilines is 1. The average molecular weight is 252 g/mol. The molecule has 0 aliphatic carbocycles. The molecule has 0 spiro atoms. The summed E-state index contributed by atoms with van der Waals surface area (Å²) in [6, 6.07) is 7.53. The maximum atomic E-state index is 5.94. The molecule has 0 saturated carbocycles. The molecule has 90 valence electrons. The van der Waals surface area contributed by atoms with E-state index in [2.05, 4.69) is 10.4 Å². The highest BCUT2D eigenvalue weighted by Crippen LogP contribution is 2.33. The number of benzene rings is 1. The second kappa shape index (κ2) is 4.67. The average Bonchev–Trinajstić information content (AvgIpc) is 2.70. The monoisotopic (exact) mass is 251 g/mol. The third-order valence-corrected chi connectivity index (χ3v) is 2.81. The highest BCUT2D eigenvalue weighted by molar-refractivity contribution is 6.30. The topological polar surface area (TPSA) is 39.1 Å². The van der Waals surface area contributed by atoms with E-state index in [4.69, 9.17) is 16.3 Å². The molecule has 0 atom stereocenters. The fraction of sp³-hybridized carbons (Fsp3) is 0.250. The number of nitrogens with zero attached hydrogens (tertiary/aromatic N) is 2. The lowest BCUT2D eigenvalue weighted by Crippen LogP contribution is -1.96. The largest absolute Gasteiger partial charge is 0.496 e. The van der Waals surface area contributed by atoms with Crippen LogP contribution in [0.3, 0.4) is 0 Å². The predicted octanol–water partition coefficient (Wildman–Crippen LogP) is 2.79. The normalized spacial score (nSPS) is 10.4. The van der Waals surface area contributed by atoms with Gasteiger partial charge in [0.2, 0.25) is 0 Å². The van der Waals surface area contributed by atoms with Crippen LogP contribution >= 0.6 is 11.6 Å². The van der Waals surface area contributed by atoms with Crippen molar-refractivity contribution in [3.63, 3.8) is 0 Å². The van der Waals surface area contributed by atoms with Gasteiger partial charge >= 0.3 is 0 Å². The number of aromatic nitrogens is 2. The van der Waals surface area contributed by atoms with Gasteiger partial charge in [0.05, 0.1) is 12.8 Å². The standard InChI is InChI=1S/C12H14ClN3O/c1-14-12-7-10(16(2)15-12)9-5-4-8(13)6-11(9)17-3/h4-7H,1-3H3,(H,14,15). The van der Waals surface area contributed by atoms with Crippen molar-refractivity contribution in [1.29, 1.82) is 0 Å². The minimum absolute atomic E-state index is 0.654. The molecule has 4 nitrogen and oxygen atoms in total. The smallest absolute Gasteiger partial charge is 0.148 e. The highest BCUT2D eigenvalue weighted by atomic mass is 35.5. The molecule has 1 aromatic heterocycles. The van der Waals surface area contributed by atoms with Crippen LogP contribution in [0.15, 0.2) is 24.3 Å².